The predicted molar refractivity (Wildman–Crippen MR) is 53.5 cm³/mol. The molecule has 13 heavy (non-hydrogen) atoms. The molecule has 2 saturated carbocycles. The molecule has 0 aromatic heterocycles. The third-order valence-electron chi connectivity index (χ3n) is 4.06. The lowest BCUT2D eigenvalue weighted by atomic mass is 9.91. The summed E-state index contributed by atoms with van der Waals surface area (Å²) in [5, 5.41) is 10.1. The van der Waals surface area contributed by atoms with Crippen molar-refractivity contribution < 1.29 is 5.11 Å². The second-order valence-corrected chi connectivity index (χ2v) is 4.54. The van der Waals surface area contributed by atoms with Gasteiger partial charge >= 0.3 is 0 Å². The molecule has 0 saturated heterocycles. The Kier molecular flexibility index (Phi) is 2.61. The monoisotopic (exact) mass is 183 g/mol. The van der Waals surface area contributed by atoms with Crippen molar-refractivity contribution in [1.29, 1.82) is 0 Å². The normalized spacial score (nSPS) is 43.4. The Labute approximate surface area is 80.9 Å². The number of fused-ring (bicyclic) bond motifs is 2. The van der Waals surface area contributed by atoms with Crippen LogP contribution in [-0.4, -0.2) is 35.2 Å². The van der Waals surface area contributed by atoms with Gasteiger partial charge in [0.25, 0.3) is 0 Å². The zero-order valence-electron chi connectivity index (χ0n) is 8.74. The van der Waals surface area contributed by atoms with Gasteiger partial charge in [0.05, 0.1) is 6.10 Å². The molecule has 4 atom stereocenters. The van der Waals surface area contributed by atoms with E-state index in [4.69, 9.17) is 0 Å². The maximum Gasteiger partial charge on any atom is 0.0726 e. The number of hydrogen-bond acceptors (Lipinski definition) is 2. The molecule has 76 valence electrons. The van der Waals surface area contributed by atoms with Crippen LogP contribution in [0.3, 0.4) is 0 Å². The lowest BCUT2D eigenvalue weighted by Gasteiger charge is -2.36. The van der Waals surface area contributed by atoms with Crippen LogP contribution in [-0.2, 0) is 0 Å². The molecule has 0 aromatic rings. The Hall–Kier alpha value is -0.0800. The van der Waals surface area contributed by atoms with E-state index in [0.29, 0.717) is 12.0 Å². The summed E-state index contributed by atoms with van der Waals surface area (Å²) in [5.41, 5.74) is 0. The smallest absolute Gasteiger partial charge is 0.0726 e. The molecule has 4 unspecified atom stereocenters. The van der Waals surface area contributed by atoms with Crippen molar-refractivity contribution in [3.63, 3.8) is 0 Å². The quantitative estimate of drug-likeness (QED) is 0.716. The Bertz CT molecular complexity index is 177. The average molecular weight is 183 g/mol. The molecule has 2 aliphatic rings. The lowest BCUT2D eigenvalue weighted by molar-refractivity contribution is 0.0170. The molecule has 0 heterocycles. The lowest BCUT2D eigenvalue weighted by Crippen LogP contribution is -2.47. The number of likely N-dealkylation sites (N-methyl/N-ethyl adjacent to an activating group) is 1. The van der Waals surface area contributed by atoms with Crippen LogP contribution in [0.15, 0.2) is 0 Å². The van der Waals surface area contributed by atoms with Gasteiger partial charge in [-0.15, -0.1) is 0 Å². The second-order valence-electron chi connectivity index (χ2n) is 4.54. The highest BCUT2D eigenvalue weighted by atomic mass is 16.3. The minimum Gasteiger partial charge on any atom is -0.391 e. The van der Waals surface area contributed by atoms with Crippen LogP contribution >= 0.6 is 0 Å². The van der Waals surface area contributed by atoms with E-state index in [2.05, 4.69) is 18.7 Å². The number of aliphatic hydroxyl groups is 1. The van der Waals surface area contributed by atoms with Crippen LogP contribution in [0.25, 0.3) is 0 Å². The van der Waals surface area contributed by atoms with Gasteiger partial charge in [-0.25, -0.2) is 0 Å². The van der Waals surface area contributed by atoms with Gasteiger partial charge in [-0.3, -0.25) is 4.90 Å². The van der Waals surface area contributed by atoms with Crippen molar-refractivity contribution in [2.24, 2.45) is 11.8 Å². The first-order valence-electron chi connectivity index (χ1n) is 5.70. The van der Waals surface area contributed by atoms with Crippen molar-refractivity contribution in [1.82, 2.24) is 4.90 Å². The summed E-state index contributed by atoms with van der Waals surface area (Å²) >= 11 is 0. The highest BCUT2D eigenvalue weighted by Gasteiger charge is 2.48. The van der Waals surface area contributed by atoms with E-state index < -0.39 is 0 Å². The molecule has 0 radical (unpaired) electrons. The highest BCUT2D eigenvalue weighted by molar-refractivity contribution is 5.01. The SMILES string of the molecule is CCN(CC)C1C2CCC(C2)C1O. The molecule has 2 bridgehead atoms. The van der Waals surface area contributed by atoms with E-state index in [-0.39, 0.29) is 6.10 Å². The Morgan fingerprint density at radius 3 is 2.23 bits per heavy atom. The number of aliphatic hydroxyl groups excluding tert-OH is 1. The summed E-state index contributed by atoms with van der Waals surface area (Å²) in [6, 6.07) is 0.480. The molecule has 0 aromatic carbocycles. The molecule has 0 spiro atoms. The molecular weight excluding hydrogens is 162 g/mol. The summed E-state index contributed by atoms with van der Waals surface area (Å²) in [4.78, 5) is 2.44. The summed E-state index contributed by atoms with van der Waals surface area (Å²) in [6.07, 6.45) is 3.87. The fraction of sp³-hybridized carbons (Fsp3) is 1.00. The van der Waals surface area contributed by atoms with E-state index >= 15 is 0 Å². The van der Waals surface area contributed by atoms with Gasteiger partial charge in [0.2, 0.25) is 0 Å². The number of hydrogen-bond donors (Lipinski definition) is 1. The number of rotatable bonds is 3. The molecule has 0 aliphatic heterocycles. The molecule has 2 fully saturated rings. The van der Waals surface area contributed by atoms with Crippen molar-refractivity contribution in [2.45, 2.75) is 45.3 Å². The van der Waals surface area contributed by atoms with Crippen LogP contribution < -0.4 is 0 Å². The highest BCUT2D eigenvalue weighted by Crippen LogP contribution is 2.46. The van der Waals surface area contributed by atoms with Gasteiger partial charge in [0, 0.05) is 6.04 Å². The predicted octanol–water partition coefficient (Wildman–Crippen LogP) is 1.49. The molecule has 2 aliphatic carbocycles. The van der Waals surface area contributed by atoms with Gasteiger partial charge in [-0.05, 0) is 44.2 Å². The number of nitrogens with zero attached hydrogens (tertiary/aromatic N) is 1. The zero-order chi connectivity index (χ0) is 9.42. The molecule has 2 nitrogen and oxygen atoms in total. The summed E-state index contributed by atoms with van der Waals surface area (Å²) in [6.45, 7) is 6.56. The fourth-order valence-corrected chi connectivity index (χ4v) is 3.39. The molecule has 2 heteroatoms. The maximum atomic E-state index is 10.1. The van der Waals surface area contributed by atoms with Gasteiger partial charge in [0.1, 0.15) is 0 Å². The van der Waals surface area contributed by atoms with Gasteiger partial charge < -0.3 is 5.11 Å². The first-order valence-corrected chi connectivity index (χ1v) is 5.70. The average Bonchev–Trinajstić information content (AvgIpc) is 2.70. The van der Waals surface area contributed by atoms with Crippen molar-refractivity contribution in [3.05, 3.63) is 0 Å². The van der Waals surface area contributed by atoms with Crippen LogP contribution in [0, 0.1) is 11.8 Å². The van der Waals surface area contributed by atoms with E-state index in [1.807, 2.05) is 0 Å². The Morgan fingerprint density at radius 2 is 1.77 bits per heavy atom. The van der Waals surface area contributed by atoms with E-state index in [9.17, 15) is 5.11 Å². The van der Waals surface area contributed by atoms with Gasteiger partial charge in [0.15, 0.2) is 0 Å². The van der Waals surface area contributed by atoms with Crippen LogP contribution in [0.1, 0.15) is 33.1 Å². The first kappa shape index (κ1) is 9.47. The third-order valence-corrected chi connectivity index (χ3v) is 4.06. The van der Waals surface area contributed by atoms with E-state index in [0.717, 1.165) is 19.0 Å². The minimum absolute atomic E-state index is 0.0290. The molecule has 2 rings (SSSR count). The third kappa shape index (κ3) is 1.40. The summed E-state index contributed by atoms with van der Waals surface area (Å²) in [7, 11) is 0. The van der Waals surface area contributed by atoms with E-state index in [1.54, 1.807) is 0 Å². The zero-order valence-corrected chi connectivity index (χ0v) is 8.74. The maximum absolute atomic E-state index is 10.1. The van der Waals surface area contributed by atoms with Crippen LogP contribution in [0.2, 0.25) is 0 Å². The standard InChI is InChI=1S/C11H21NO/c1-3-12(4-2)10-8-5-6-9(7-8)11(10)13/h8-11,13H,3-7H2,1-2H3. The minimum atomic E-state index is -0.0290. The molecule has 0 amide bonds. The fourth-order valence-electron chi connectivity index (χ4n) is 3.39. The molecular formula is C11H21NO. The van der Waals surface area contributed by atoms with Crippen molar-refractivity contribution in [3.8, 4) is 0 Å². The Balaban J connectivity index is 2.06. The van der Waals surface area contributed by atoms with Gasteiger partial charge in [-0.1, -0.05) is 13.8 Å². The molecule has 1 N–H and O–H groups in total. The van der Waals surface area contributed by atoms with Crippen molar-refractivity contribution in [2.75, 3.05) is 13.1 Å². The summed E-state index contributed by atoms with van der Waals surface area (Å²) < 4.78 is 0. The van der Waals surface area contributed by atoms with Gasteiger partial charge in [-0.2, -0.15) is 0 Å². The van der Waals surface area contributed by atoms with Crippen LogP contribution in [0.4, 0.5) is 0 Å². The van der Waals surface area contributed by atoms with Crippen molar-refractivity contribution >= 4 is 0 Å². The Morgan fingerprint density at radius 1 is 1.15 bits per heavy atom. The van der Waals surface area contributed by atoms with Crippen LogP contribution in [0.5, 0.6) is 0 Å². The van der Waals surface area contributed by atoms with E-state index in [1.165, 1.54) is 19.3 Å². The first-order chi connectivity index (χ1) is 6.27. The topological polar surface area (TPSA) is 23.5 Å². The second kappa shape index (κ2) is 3.58. The summed E-state index contributed by atoms with van der Waals surface area (Å²) in [5.74, 6) is 1.41. The largest absolute Gasteiger partial charge is 0.391 e.